The molecule has 3 heterocycles. The van der Waals surface area contributed by atoms with Crippen LogP contribution in [0.2, 0.25) is 0 Å². The van der Waals surface area contributed by atoms with E-state index in [1.54, 1.807) is 6.20 Å². The Balaban J connectivity index is 1.62. The lowest BCUT2D eigenvalue weighted by molar-refractivity contribution is 0.140. The Morgan fingerprint density at radius 1 is 1.39 bits per heavy atom. The Labute approximate surface area is 134 Å². The molecule has 1 atom stereocenters. The van der Waals surface area contributed by atoms with E-state index in [4.69, 9.17) is 9.47 Å². The van der Waals surface area contributed by atoms with Crippen molar-refractivity contribution in [1.29, 1.82) is 0 Å². The third kappa shape index (κ3) is 2.59. The van der Waals surface area contributed by atoms with Crippen LogP contribution in [0.1, 0.15) is 23.1 Å². The molecule has 1 fully saturated rings. The van der Waals surface area contributed by atoms with Gasteiger partial charge in [-0.2, -0.15) is 5.10 Å². The molecular weight excluding hydrogens is 294 g/mol. The number of ether oxygens (including phenoxy) is 2. The van der Waals surface area contributed by atoms with Crippen LogP contribution < -0.4 is 15.2 Å². The number of rotatable bonds is 3. The summed E-state index contributed by atoms with van der Waals surface area (Å²) in [6.07, 6.45) is 2.79. The van der Waals surface area contributed by atoms with E-state index in [9.17, 15) is 4.79 Å². The molecule has 0 saturated carbocycles. The lowest BCUT2D eigenvalue weighted by atomic mass is 10.1. The van der Waals surface area contributed by atoms with Crippen molar-refractivity contribution in [3.05, 3.63) is 51.4 Å². The first-order valence-electron chi connectivity index (χ1n) is 7.87. The Morgan fingerprint density at radius 3 is 3.13 bits per heavy atom. The summed E-state index contributed by atoms with van der Waals surface area (Å²) in [4.78, 5) is 14.0. The third-order valence-electron chi connectivity index (χ3n) is 4.54. The van der Waals surface area contributed by atoms with Crippen LogP contribution >= 0.6 is 0 Å². The van der Waals surface area contributed by atoms with Gasteiger partial charge in [0.15, 0.2) is 0 Å². The third-order valence-corrected chi connectivity index (χ3v) is 4.54. The first-order chi connectivity index (χ1) is 11.2. The van der Waals surface area contributed by atoms with Gasteiger partial charge >= 0.3 is 0 Å². The van der Waals surface area contributed by atoms with Crippen molar-refractivity contribution in [2.24, 2.45) is 0 Å². The molecule has 120 valence electrons. The van der Waals surface area contributed by atoms with Gasteiger partial charge in [-0.25, -0.2) is 5.10 Å². The van der Waals surface area contributed by atoms with Gasteiger partial charge in [0.2, 0.25) is 0 Å². The van der Waals surface area contributed by atoms with Gasteiger partial charge in [0.05, 0.1) is 25.1 Å². The van der Waals surface area contributed by atoms with Crippen LogP contribution in [-0.2, 0) is 17.8 Å². The van der Waals surface area contributed by atoms with Gasteiger partial charge in [0.25, 0.3) is 5.56 Å². The standard InChI is InChI=1S/C17H19N3O3/c1-11-15(7-18-19-17(11)21)20-8-12-3-2-4-16(14(12)9-20)23-13-5-6-22-10-13/h2-4,7,13H,5-6,8-10H2,1H3,(H,19,21). The minimum Gasteiger partial charge on any atom is -0.488 e. The van der Waals surface area contributed by atoms with Crippen LogP contribution in [0.25, 0.3) is 0 Å². The zero-order valence-corrected chi connectivity index (χ0v) is 13.0. The lowest BCUT2D eigenvalue weighted by Gasteiger charge is -2.19. The van der Waals surface area contributed by atoms with Crippen LogP contribution in [0, 0.1) is 6.92 Å². The number of fused-ring (bicyclic) bond motifs is 1. The molecule has 6 nitrogen and oxygen atoms in total. The molecule has 1 unspecified atom stereocenters. The number of nitrogens with zero attached hydrogens (tertiary/aromatic N) is 2. The number of hydrogen-bond donors (Lipinski definition) is 1. The first kappa shape index (κ1) is 14.3. The van der Waals surface area contributed by atoms with Gasteiger partial charge in [0.1, 0.15) is 11.9 Å². The SMILES string of the molecule is Cc1c(N2Cc3cccc(OC4CCOC4)c3C2)cn[nH]c1=O. The molecule has 0 radical (unpaired) electrons. The minimum atomic E-state index is -0.141. The Kier molecular flexibility index (Phi) is 3.53. The predicted molar refractivity (Wildman–Crippen MR) is 85.8 cm³/mol. The van der Waals surface area contributed by atoms with E-state index in [-0.39, 0.29) is 11.7 Å². The van der Waals surface area contributed by atoms with Crippen molar-refractivity contribution < 1.29 is 9.47 Å². The van der Waals surface area contributed by atoms with Crippen molar-refractivity contribution in [3.8, 4) is 5.75 Å². The summed E-state index contributed by atoms with van der Waals surface area (Å²) in [5, 5.41) is 6.40. The average molecular weight is 313 g/mol. The highest BCUT2D eigenvalue weighted by Gasteiger charge is 2.26. The zero-order valence-electron chi connectivity index (χ0n) is 13.0. The van der Waals surface area contributed by atoms with Crippen LogP contribution in [0.4, 0.5) is 5.69 Å². The molecule has 1 N–H and O–H groups in total. The molecule has 0 aliphatic carbocycles. The van der Waals surface area contributed by atoms with Gasteiger partial charge < -0.3 is 14.4 Å². The number of nitrogens with one attached hydrogen (secondary N) is 1. The maximum absolute atomic E-state index is 11.8. The summed E-state index contributed by atoms with van der Waals surface area (Å²) in [5.74, 6) is 0.927. The highest BCUT2D eigenvalue weighted by molar-refractivity contribution is 5.57. The van der Waals surface area contributed by atoms with E-state index in [1.807, 2.05) is 19.1 Å². The van der Waals surface area contributed by atoms with Crippen LogP contribution in [0.15, 0.2) is 29.2 Å². The van der Waals surface area contributed by atoms with Gasteiger partial charge in [-0.05, 0) is 18.6 Å². The minimum absolute atomic E-state index is 0.138. The van der Waals surface area contributed by atoms with E-state index < -0.39 is 0 Å². The number of aromatic amines is 1. The molecule has 1 aromatic carbocycles. The summed E-state index contributed by atoms with van der Waals surface area (Å²) in [5.41, 5.74) is 3.86. The summed E-state index contributed by atoms with van der Waals surface area (Å²) < 4.78 is 11.5. The van der Waals surface area contributed by atoms with Crippen molar-refractivity contribution >= 4 is 5.69 Å². The maximum Gasteiger partial charge on any atom is 0.269 e. The monoisotopic (exact) mass is 313 g/mol. The van der Waals surface area contributed by atoms with E-state index in [1.165, 1.54) is 11.1 Å². The Morgan fingerprint density at radius 2 is 2.30 bits per heavy atom. The zero-order chi connectivity index (χ0) is 15.8. The van der Waals surface area contributed by atoms with Gasteiger partial charge in [-0.15, -0.1) is 0 Å². The fraction of sp³-hybridized carbons (Fsp3) is 0.412. The second kappa shape index (κ2) is 5.70. The second-order valence-electron chi connectivity index (χ2n) is 6.06. The summed E-state index contributed by atoms with van der Waals surface area (Å²) in [6.45, 7) is 4.74. The van der Waals surface area contributed by atoms with Gasteiger partial charge in [-0.1, -0.05) is 12.1 Å². The molecule has 1 saturated heterocycles. The number of hydrogen-bond acceptors (Lipinski definition) is 5. The molecule has 2 aliphatic rings. The highest BCUT2D eigenvalue weighted by atomic mass is 16.5. The molecule has 2 aliphatic heterocycles. The van der Waals surface area contributed by atoms with Crippen molar-refractivity contribution in [3.63, 3.8) is 0 Å². The fourth-order valence-corrected chi connectivity index (χ4v) is 3.23. The van der Waals surface area contributed by atoms with E-state index >= 15 is 0 Å². The van der Waals surface area contributed by atoms with Crippen molar-refractivity contribution in [2.75, 3.05) is 18.1 Å². The molecule has 1 aromatic heterocycles. The molecular formula is C17H19N3O3. The molecule has 0 amide bonds. The number of benzene rings is 1. The Hall–Kier alpha value is -2.34. The number of aromatic nitrogens is 2. The van der Waals surface area contributed by atoms with Crippen LogP contribution in [0.5, 0.6) is 5.75 Å². The molecule has 4 rings (SSSR count). The fourth-order valence-electron chi connectivity index (χ4n) is 3.23. The van der Waals surface area contributed by atoms with Crippen LogP contribution in [0.3, 0.4) is 0 Å². The van der Waals surface area contributed by atoms with E-state index in [0.717, 1.165) is 37.6 Å². The van der Waals surface area contributed by atoms with Crippen molar-refractivity contribution in [1.82, 2.24) is 10.2 Å². The topological polar surface area (TPSA) is 67.5 Å². The maximum atomic E-state index is 11.8. The molecule has 6 heteroatoms. The summed E-state index contributed by atoms with van der Waals surface area (Å²) in [6, 6.07) is 6.16. The quantitative estimate of drug-likeness (QED) is 0.935. The average Bonchev–Trinajstić information content (AvgIpc) is 3.19. The second-order valence-corrected chi connectivity index (χ2v) is 6.06. The first-order valence-corrected chi connectivity index (χ1v) is 7.87. The highest BCUT2D eigenvalue weighted by Crippen LogP contribution is 2.35. The molecule has 23 heavy (non-hydrogen) atoms. The summed E-state index contributed by atoms with van der Waals surface area (Å²) >= 11 is 0. The Bertz CT molecular complexity index is 781. The van der Waals surface area contributed by atoms with Gasteiger partial charge in [-0.3, -0.25) is 4.79 Å². The normalized spacial score (nSPS) is 19.9. The van der Waals surface area contributed by atoms with Gasteiger partial charge in [0, 0.05) is 30.6 Å². The lowest BCUT2D eigenvalue weighted by Crippen LogP contribution is -2.22. The molecule has 0 spiro atoms. The summed E-state index contributed by atoms with van der Waals surface area (Å²) in [7, 11) is 0. The van der Waals surface area contributed by atoms with E-state index in [2.05, 4.69) is 21.2 Å². The number of H-pyrrole nitrogens is 1. The van der Waals surface area contributed by atoms with E-state index in [0.29, 0.717) is 12.2 Å². The number of anilines is 1. The van der Waals surface area contributed by atoms with Crippen LogP contribution in [-0.4, -0.2) is 29.5 Å². The van der Waals surface area contributed by atoms with Crippen molar-refractivity contribution in [2.45, 2.75) is 32.5 Å². The largest absolute Gasteiger partial charge is 0.488 e. The predicted octanol–water partition coefficient (Wildman–Crippen LogP) is 1.77. The molecule has 0 bridgehead atoms. The molecule has 2 aromatic rings. The smallest absolute Gasteiger partial charge is 0.269 e.